The third-order valence-electron chi connectivity index (χ3n) is 4.25. The molecule has 0 unspecified atom stereocenters. The van der Waals surface area contributed by atoms with Crippen LogP contribution >= 0.6 is 0 Å². The van der Waals surface area contributed by atoms with Crippen molar-refractivity contribution in [2.75, 3.05) is 14.2 Å². The number of rotatable bonds is 5. The molecule has 0 heterocycles. The van der Waals surface area contributed by atoms with Crippen molar-refractivity contribution < 1.29 is 8.85 Å². The van der Waals surface area contributed by atoms with Gasteiger partial charge in [0.2, 0.25) is 0 Å². The lowest BCUT2D eigenvalue weighted by Crippen LogP contribution is -2.62. The molecule has 3 aromatic rings. The third kappa shape index (κ3) is 2.63. The summed E-state index contributed by atoms with van der Waals surface area (Å²) in [4.78, 5) is 0. The Labute approximate surface area is 138 Å². The molecule has 0 spiro atoms. The van der Waals surface area contributed by atoms with Crippen LogP contribution in [0.25, 0.3) is 16.8 Å². The zero-order valence-corrected chi connectivity index (χ0v) is 14.5. The van der Waals surface area contributed by atoms with Crippen LogP contribution in [0.4, 0.5) is 0 Å². The first kappa shape index (κ1) is 15.7. The first-order chi connectivity index (χ1) is 11.2. The van der Waals surface area contributed by atoms with E-state index in [2.05, 4.69) is 55.1 Å². The number of benzene rings is 3. The largest absolute Gasteiger partial charge is 0.407 e. The van der Waals surface area contributed by atoms with Gasteiger partial charge >= 0.3 is 8.56 Å². The van der Waals surface area contributed by atoms with Gasteiger partial charge in [-0.2, -0.15) is 0 Å². The summed E-state index contributed by atoms with van der Waals surface area (Å²) in [6.07, 6.45) is 1.84. The Morgan fingerprint density at radius 3 is 2.13 bits per heavy atom. The van der Waals surface area contributed by atoms with Crippen LogP contribution in [0.15, 0.2) is 73.3 Å². The summed E-state index contributed by atoms with van der Waals surface area (Å²) in [5.41, 5.74) is 1.08. The molecule has 0 bridgehead atoms. The first-order valence-corrected chi connectivity index (χ1v) is 9.38. The van der Waals surface area contributed by atoms with Crippen molar-refractivity contribution in [2.45, 2.75) is 0 Å². The molecule has 2 nitrogen and oxygen atoms in total. The van der Waals surface area contributed by atoms with Gasteiger partial charge in [0.1, 0.15) is 0 Å². The van der Waals surface area contributed by atoms with Crippen molar-refractivity contribution in [1.29, 1.82) is 0 Å². The summed E-state index contributed by atoms with van der Waals surface area (Å²) in [5, 5.41) is 4.59. The molecule has 116 valence electrons. The Balaban J connectivity index is 2.25. The number of fused-ring (bicyclic) bond motifs is 1. The lowest BCUT2D eigenvalue weighted by molar-refractivity contribution is 0.273. The standard InChI is InChI=1S/C20H20O2Si/c1-4-16-12-14-18(15-13-16)23(21-2,22-3)20-11-7-9-17-8-5-6-10-19(17)20/h4-15H,1H2,2-3H3. The molecule has 0 aliphatic rings. The predicted octanol–water partition coefficient (Wildman–Crippen LogP) is 3.33. The highest BCUT2D eigenvalue weighted by molar-refractivity contribution is 6.94. The van der Waals surface area contributed by atoms with Gasteiger partial charge in [0.05, 0.1) is 0 Å². The van der Waals surface area contributed by atoms with Crippen LogP contribution in [0.5, 0.6) is 0 Å². The summed E-state index contributed by atoms with van der Waals surface area (Å²) >= 11 is 0. The lowest BCUT2D eigenvalue weighted by Gasteiger charge is -2.29. The molecular formula is C20H20O2Si. The van der Waals surface area contributed by atoms with E-state index in [0.717, 1.165) is 15.9 Å². The van der Waals surface area contributed by atoms with Crippen molar-refractivity contribution >= 4 is 35.8 Å². The van der Waals surface area contributed by atoms with E-state index in [1.165, 1.54) is 10.8 Å². The minimum Gasteiger partial charge on any atom is -0.391 e. The predicted molar refractivity (Wildman–Crippen MR) is 99.5 cm³/mol. The molecule has 0 saturated heterocycles. The number of hydrogen-bond donors (Lipinski definition) is 0. The highest BCUT2D eigenvalue weighted by Crippen LogP contribution is 2.17. The Bertz CT molecular complexity index is 815. The molecule has 0 aromatic heterocycles. The van der Waals surface area contributed by atoms with Gasteiger partial charge in [-0.25, -0.2) is 0 Å². The summed E-state index contributed by atoms with van der Waals surface area (Å²) < 4.78 is 12.1. The lowest BCUT2D eigenvalue weighted by atomic mass is 10.1. The average molecular weight is 320 g/mol. The van der Waals surface area contributed by atoms with Gasteiger partial charge < -0.3 is 8.85 Å². The second kappa shape index (κ2) is 6.50. The van der Waals surface area contributed by atoms with Crippen molar-refractivity contribution in [3.05, 3.63) is 78.9 Å². The Hall–Kier alpha value is -2.20. The van der Waals surface area contributed by atoms with Crippen molar-refractivity contribution in [3.8, 4) is 0 Å². The fraction of sp³-hybridized carbons (Fsp3) is 0.100. The second-order valence-electron chi connectivity index (χ2n) is 5.38. The van der Waals surface area contributed by atoms with E-state index in [9.17, 15) is 0 Å². The van der Waals surface area contributed by atoms with Crippen molar-refractivity contribution in [3.63, 3.8) is 0 Å². The molecule has 0 radical (unpaired) electrons. The minimum atomic E-state index is -2.73. The molecule has 0 aliphatic heterocycles. The maximum Gasteiger partial charge on any atom is 0.407 e. The van der Waals surface area contributed by atoms with Gasteiger partial charge in [0.15, 0.2) is 0 Å². The summed E-state index contributed by atoms with van der Waals surface area (Å²) in [7, 11) is 0.740. The Morgan fingerprint density at radius 2 is 1.48 bits per heavy atom. The molecule has 3 aromatic carbocycles. The molecule has 0 atom stereocenters. The monoisotopic (exact) mass is 320 g/mol. The van der Waals surface area contributed by atoms with E-state index in [4.69, 9.17) is 8.85 Å². The van der Waals surface area contributed by atoms with Gasteiger partial charge in [0.25, 0.3) is 0 Å². The normalized spacial score (nSPS) is 11.6. The maximum atomic E-state index is 6.03. The molecule has 23 heavy (non-hydrogen) atoms. The summed E-state index contributed by atoms with van der Waals surface area (Å²) in [6, 6.07) is 22.9. The molecule has 0 saturated carbocycles. The molecule has 0 amide bonds. The molecule has 3 heteroatoms. The van der Waals surface area contributed by atoms with Crippen LogP contribution in [0.2, 0.25) is 0 Å². The van der Waals surface area contributed by atoms with Crippen LogP contribution < -0.4 is 10.4 Å². The van der Waals surface area contributed by atoms with E-state index in [0.29, 0.717) is 0 Å². The van der Waals surface area contributed by atoms with Crippen molar-refractivity contribution in [1.82, 2.24) is 0 Å². The van der Waals surface area contributed by atoms with Crippen LogP contribution in [-0.4, -0.2) is 22.8 Å². The van der Waals surface area contributed by atoms with E-state index in [-0.39, 0.29) is 0 Å². The topological polar surface area (TPSA) is 18.5 Å². The maximum absolute atomic E-state index is 6.03. The molecule has 3 rings (SSSR count). The molecule has 0 N–H and O–H groups in total. The van der Waals surface area contributed by atoms with Gasteiger partial charge in [-0.1, -0.05) is 79.4 Å². The second-order valence-corrected chi connectivity index (χ2v) is 8.54. The molecule has 0 fully saturated rings. The quantitative estimate of drug-likeness (QED) is 0.671. The smallest absolute Gasteiger partial charge is 0.391 e. The fourth-order valence-electron chi connectivity index (χ4n) is 3.05. The third-order valence-corrected chi connectivity index (χ3v) is 7.63. The van der Waals surface area contributed by atoms with Gasteiger partial charge in [-0.3, -0.25) is 0 Å². The molecule has 0 aliphatic carbocycles. The highest BCUT2D eigenvalue weighted by Gasteiger charge is 2.41. The van der Waals surface area contributed by atoms with Gasteiger partial charge in [-0.05, 0) is 21.5 Å². The zero-order chi connectivity index (χ0) is 16.3. The zero-order valence-electron chi connectivity index (χ0n) is 13.5. The van der Waals surface area contributed by atoms with Crippen LogP contribution in [0.1, 0.15) is 5.56 Å². The Morgan fingerprint density at radius 1 is 0.826 bits per heavy atom. The molecular weight excluding hydrogens is 300 g/mol. The van der Waals surface area contributed by atoms with E-state index in [1.807, 2.05) is 24.3 Å². The SMILES string of the molecule is C=Cc1ccc([Si](OC)(OC)c2cccc3ccccc23)cc1. The van der Waals surface area contributed by atoms with Gasteiger partial charge in [0, 0.05) is 19.4 Å². The van der Waals surface area contributed by atoms with Crippen LogP contribution in [0.3, 0.4) is 0 Å². The fourth-order valence-corrected chi connectivity index (χ4v) is 5.94. The van der Waals surface area contributed by atoms with Crippen LogP contribution in [-0.2, 0) is 8.85 Å². The highest BCUT2D eigenvalue weighted by atomic mass is 28.4. The number of hydrogen-bond acceptors (Lipinski definition) is 2. The van der Waals surface area contributed by atoms with E-state index in [1.54, 1.807) is 14.2 Å². The first-order valence-electron chi connectivity index (χ1n) is 7.56. The minimum absolute atomic E-state index is 1.08. The Kier molecular flexibility index (Phi) is 4.43. The van der Waals surface area contributed by atoms with Crippen molar-refractivity contribution in [2.24, 2.45) is 0 Å². The van der Waals surface area contributed by atoms with E-state index < -0.39 is 8.56 Å². The average Bonchev–Trinajstić information content (AvgIpc) is 2.64. The van der Waals surface area contributed by atoms with E-state index >= 15 is 0 Å². The summed E-state index contributed by atoms with van der Waals surface area (Å²) in [6.45, 7) is 3.81. The van der Waals surface area contributed by atoms with Crippen LogP contribution in [0, 0.1) is 0 Å². The summed E-state index contributed by atoms with van der Waals surface area (Å²) in [5.74, 6) is 0. The van der Waals surface area contributed by atoms with Gasteiger partial charge in [-0.15, -0.1) is 0 Å².